The van der Waals surface area contributed by atoms with Crippen molar-refractivity contribution in [3.63, 3.8) is 0 Å². The summed E-state index contributed by atoms with van der Waals surface area (Å²) in [7, 11) is 0. The Bertz CT molecular complexity index is 313. The molecule has 4 N–H and O–H groups in total. The van der Waals surface area contributed by atoms with E-state index in [9.17, 15) is 10.2 Å². The van der Waals surface area contributed by atoms with Gasteiger partial charge >= 0.3 is 0 Å². The molecule has 0 radical (unpaired) electrons. The lowest BCUT2D eigenvalue weighted by molar-refractivity contribution is 0.436. The summed E-state index contributed by atoms with van der Waals surface area (Å²) in [6, 6.07) is 3.03. The highest BCUT2D eigenvalue weighted by molar-refractivity contribution is 7.97. The predicted octanol–water partition coefficient (Wildman–Crippen LogP) is 2.19. The number of hydrogen-bond donors (Lipinski definition) is 3. The second-order valence-electron chi connectivity index (χ2n) is 3.15. The molecule has 0 fully saturated rings. The van der Waals surface area contributed by atoms with E-state index in [1.807, 2.05) is 13.8 Å². The molecule has 0 aliphatic rings. The second kappa shape index (κ2) is 3.89. The van der Waals surface area contributed by atoms with E-state index < -0.39 is 0 Å². The van der Waals surface area contributed by atoms with Gasteiger partial charge in [0.1, 0.15) is 11.5 Å². The van der Waals surface area contributed by atoms with Crippen molar-refractivity contribution < 1.29 is 10.2 Å². The molecule has 0 heterocycles. The fraction of sp³-hybridized carbons (Fsp3) is 0.333. The summed E-state index contributed by atoms with van der Waals surface area (Å²) >= 11 is 0.975. The second-order valence-corrected chi connectivity index (χ2v) is 3.83. The minimum Gasteiger partial charge on any atom is -0.508 e. The van der Waals surface area contributed by atoms with E-state index in [-0.39, 0.29) is 17.4 Å². The topological polar surface area (TPSA) is 66.5 Å². The van der Waals surface area contributed by atoms with Gasteiger partial charge in [-0.2, -0.15) is 0 Å². The van der Waals surface area contributed by atoms with Crippen LogP contribution in [0.5, 0.6) is 11.5 Å². The van der Waals surface area contributed by atoms with Gasteiger partial charge in [0, 0.05) is 6.07 Å². The fourth-order valence-electron chi connectivity index (χ4n) is 1.13. The molecule has 4 heteroatoms. The summed E-state index contributed by atoms with van der Waals surface area (Å²) in [5.41, 5.74) is 0.797. The number of benzene rings is 1. The summed E-state index contributed by atoms with van der Waals surface area (Å²) in [6.45, 7) is 3.94. The van der Waals surface area contributed by atoms with Crippen molar-refractivity contribution in [1.82, 2.24) is 0 Å². The summed E-state index contributed by atoms with van der Waals surface area (Å²) in [5.74, 6) is 0.353. The molecule has 13 heavy (non-hydrogen) atoms. The van der Waals surface area contributed by atoms with Crippen molar-refractivity contribution in [3.8, 4) is 11.5 Å². The summed E-state index contributed by atoms with van der Waals surface area (Å²) in [4.78, 5) is 0.585. The summed E-state index contributed by atoms with van der Waals surface area (Å²) < 4.78 is 0. The number of aromatic hydroxyl groups is 2. The molecule has 0 saturated carbocycles. The van der Waals surface area contributed by atoms with E-state index >= 15 is 0 Å². The molecule has 1 aromatic carbocycles. The van der Waals surface area contributed by atoms with Crippen LogP contribution in [0.2, 0.25) is 0 Å². The van der Waals surface area contributed by atoms with Crippen LogP contribution < -0.4 is 5.14 Å². The third-order valence-electron chi connectivity index (χ3n) is 1.86. The number of phenolic OH excluding ortho intramolecular Hbond substituents is 2. The smallest absolute Gasteiger partial charge is 0.134 e. The van der Waals surface area contributed by atoms with Crippen LogP contribution in [0.3, 0.4) is 0 Å². The molecule has 0 aromatic heterocycles. The van der Waals surface area contributed by atoms with E-state index in [0.29, 0.717) is 4.90 Å². The highest BCUT2D eigenvalue weighted by Crippen LogP contribution is 2.35. The summed E-state index contributed by atoms with van der Waals surface area (Å²) in [5, 5.41) is 24.2. The molecule has 0 spiro atoms. The lowest BCUT2D eigenvalue weighted by atomic mass is 10.0. The van der Waals surface area contributed by atoms with E-state index in [4.69, 9.17) is 5.14 Å². The van der Waals surface area contributed by atoms with Crippen LogP contribution in [0.1, 0.15) is 25.3 Å². The van der Waals surface area contributed by atoms with Gasteiger partial charge in [0.05, 0.1) is 4.90 Å². The zero-order valence-electron chi connectivity index (χ0n) is 7.61. The lowest BCUT2D eigenvalue weighted by Gasteiger charge is -2.10. The van der Waals surface area contributed by atoms with Crippen LogP contribution in [0, 0.1) is 0 Å². The highest BCUT2D eigenvalue weighted by Gasteiger charge is 2.10. The van der Waals surface area contributed by atoms with Crippen molar-refractivity contribution in [3.05, 3.63) is 17.7 Å². The van der Waals surface area contributed by atoms with Gasteiger partial charge in [-0.1, -0.05) is 13.8 Å². The van der Waals surface area contributed by atoms with E-state index in [2.05, 4.69) is 0 Å². The first-order chi connectivity index (χ1) is 6.06. The van der Waals surface area contributed by atoms with Gasteiger partial charge in [-0.05, 0) is 29.5 Å². The largest absolute Gasteiger partial charge is 0.508 e. The normalized spacial score (nSPS) is 10.8. The van der Waals surface area contributed by atoms with Gasteiger partial charge < -0.3 is 10.2 Å². The van der Waals surface area contributed by atoms with Crippen molar-refractivity contribution in [2.24, 2.45) is 5.14 Å². The van der Waals surface area contributed by atoms with Gasteiger partial charge in [-0.25, -0.2) is 0 Å². The molecule has 0 aliphatic carbocycles. The lowest BCUT2D eigenvalue weighted by Crippen LogP contribution is -1.90. The fourth-order valence-corrected chi connectivity index (χ4v) is 1.50. The zero-order chi connectivity index (χ0) is 10.0. The molecule has 0 saturated heterocycles. The molecule has 1 aromatic rings. The minimum absolute atomic E-state index is 0.0226. The van der Waals surface area contributed by atoms with Crippen LogP contribution in [0.15, 0.2) is 17.0 Å². The average Bonchev–Trinajstić information content (AvgIpc) is 2.03. The molecule has 72 valence electrons. The van der Waals surface area contributed by atoms with Crippen LogP contribution in [0.4, 0.5) is 0 Å². The number of nitrogens with two attached hydrogens (primary N) is 1. The molecule has 0 amide bonds. The van der Waals surface area contributed by atoms with E-state index in [1.54, 1.807) is 6.07 Å². The van der Waals surface area contributed by atoms with Crippen molar-refractivity contribution in [2.45, 2.75) is 24.7 Å². The zero-order valence-corrected chi connectivity index (χ0v) is 8.43. The van der Waals surface area contributed by atoms with Crippen molar-refractivity contribution in [2.75, 3.05) is 0 Å². The van der Waals surface area contributed by atoms with Gasteiger partial charge in [0.15, 0.2) is 0 Å². The first-order valence-corrected chi connectivity index (χ1v) is 4.86. The first-order valence-electron chi connectivity index (χ1n) is 3.99. The van der Waals surface area contributed by atoms with Crippen LogP contribution in [-0.4, -0.2) is 10.2 Å². The van der Waals surface area contributed by atoms with Gasteiger partial charge in [0.2, 0.25) is 0 Å². The molecule has 3 nitrogen and oxygen atoms in total. The standard InChI is InChI=1S/C9H13NO2S/c1-5(2)6-3-9(13-10)8(12)4-7(6)11/h3-5,11-12H,10H2,1-2H3. The number of phenols is 2. The third kappa shape index (κ3) is 2.08. The van der Waals surface area contributed by atoms with Crippen LogP contribution >= 0.6 is 11.9 Å². The molecule has 0 unspecified atom stereocenters. The Morgan fingerprint density at radius 1 is 1.23 bits per heavy atom. The molecule has 1 rings (SSSR count). The molecular formula is C9H13NO2S. The van der Waals surface area contributed by atoms with Gasteiger partial charge in [0.25, 0.3) is 0 Å². The maximum absolute atomic E-state index is 9.47. The minimum atomic E-state index is 0.0226. The van der Waals surface area contributed by atoms with Crippen LogP contribution in [0.25, 0.3) is 0 Å². The maximum atomic E-state index is 9.47. The van der Waals surface area contributed by atoms with Crippen LogP contribution in [-0.2, 0) is 0 Å². The maximum Gasteiger partial charge on any atom is 0.134 e. The Labute approximate surface area is 81.7 Å². The van der Waals surface area contributed by atoms with Crippen molar-refractivity contribution in [1.29, 1.82) is 0 Å². The van der Waals surface area contributed by atoms with E-state index in [1.165, 1.54) is 6.07 Å². The average molecular weight is 199 g/mol. The number of hydrogen-bond acceptors (Lipinski definition) is 4. The van der Waals surface area contributed by atoms with Gasteiger partial charge in [-0.3, -0.25) is 5.14 Å². The Hall–Kier alpha value is -0.870. The molecular weight excluding hydrogens is 186 g/mol. The SMILES string of the molecule is CC(C)c1cc(SN)c(O)cc1O. The van der Waals surface area contributed by atoms with Gasteiger partial charge in [-0.15, -0.1) is 0 Å². The molecule has 0 atom stereocenters. The predicted molar refractivity (Wildman–Crippen MR) is 53.9 cm³/mol. The Morgan fingerprint density at radius 2 is 1.85 bits per heavy atom. The monoisotopic (exact) mass is 199 g/mol. The number of rotatable bonds is 2. The highest BCUT2D eigenvalue weighted by atomic mass is 32.2. The van der Waals surface area contributed by atoms with E-state index in [0.717, 1.165) is 17.5 Å². The molecule has 0 bridgehead atoms. The third-order valence-corrected chi connectivity index (χ3v) is 2.44. The Balaban J connectivity index is 3.22. The quantitative estimate of drug-likeness (QED) is 0.639. The Kier molecular flexibility index (Phi) is 3.06. The first kappa shape index (κ1) is 10.2. The van der Waals surface area contributed by atoms with Crippen molar-refractivity contribution >= 4 is 11.9 Å². The molecule has 0 aliphatic heterocycles. The Morgan fingerprint density at radius 3 is 2.31 bits per heavy atom. The summed E-state index contributed by atoms with van der Waals surface area (Å²) in [6.07, 6.45) is 0.